The molecule has 2 nitrogen and oxygen atoms in total. The molecule has 2 aliphatic rings. The Balaban J connectivity index is 1.46. The lowest BCUT2D eigenvalue weighted by Gasteiger charge is -2.27. The largest absolute Gasteiger partial charge is 0.376 e. The molecule has 0 bridgehead atoms. The van der Waals surface area contributed by atoms with Gasteiger partial charge in [0.25, 0.3) is 0 Å². The van der Waals surface area contributed by atoms with Crippen LogP contribution in [0, 0.1) is 5.41 Å². The van der Waals surface area contributed by atoms with Crippen molar-refractivity contribution in [3.8, 4) is 0 Å². The molecule has 0 atom stereocenters. The van der Waals surface area contributed by atoms with E-state index in [2.05, 4.69) is 12.2 Å². The summed E-state index contributed by atoms with van der Waals surface area (Å²) in [5.41, 5.74) is 0.710. The van der Waals surface area contributed by atoms with Crippen LogP contribution < -0.4 is 5.32 Å². The van der Waals surface area contributed by atoms with Crippen molar-refractivity contribution in [1.82, 2.24) is 5.32 Å². The Morgan fingerprint density at radius 1 is 1.42 bits per heavy atom. The number of rotatable bonds is 5. The van der Waals surface area contributed by atoms with Crippen molar-refractivity contribution in [3.63, 3.8) is 0 Å². The molecule has 1 aliphatic carbocycles. The monoisotopic (exact) mass is 169 g/mol. The highest BCUT2D eigenvalue weighted by Gasteiger charge is 2.36. The zero-order chi connectivity index (χ0) is 8.44. The summed E-state index contributed by atoms with van der Waals surface area (Å²) in [5, 5.41) is 3.21. The lowest BCUT2D eigenvalue weighted by molar-refractivity contribution is 0.0155. The van der Waals surface area contributed by atoms with Crippen molar-refractivity contribution >= 4 is 0 Å². The van der Waals surface area contributed by atoms with Crippen molar-refractivity contribution in [2.24, 2.45) is 5.41 Å². The molecule has 0 unspecified atom stereocenters. The van der Waals surface area contributed by atoms with Crippen molar-refractivity contribution in [2.45, 2.75) is 38.7 Å². The Morgan fingerprint density at radius 2 is 2.17 bits per heavy atom. The quantitative estimate of drug-likeness (QED) is 0.631. The summed E-state index contributed by atoms with van der Waals surface area (Å²) < 4.78 is 5.64. The summed E-state index contributed by atoms with van der Waals surface area (Å²) in [6.07, 6.45) is 6.04. The maximum absolute atomic E-state index is 5.64. The van der Waals surface area contributed by atoms with Gasteiger partial charge in [-0.3, -0.25) is 0 Å². The van der Waals surface area contributed by atoms with E-state index in [1.54, 1.807) is 0 Å². The fourth-order valence-corrected chi connectivity index (χ4v) is 1.59. The van der Waals surface area contributed by atoms with Crippen LogP contribution in [0.15, 0.2) is 0 Å². The molecule has 1 heterocycles. The predicted molar refractivity (Wildman–Crippen MR) is 49.2 cm³/mol. The van der Waals surface area contributed by atoms with Gasteiger partial charge >= 0.3 is 0 Å². The summed E-state index contributed by atoms with van der Waals surface area (Å²) in [6.45, 7) is 5.49. The Hall–Kier alpha value is -0.0800. The van der Waals surface area contributed by atoms with E-state index >= 15 is 0 Å². The minimum Gasteiger partial charge on any atom is -0.376 e. The molecule has 0 aromatic heterocycles. The second kappa shape index (κ2) is 3.35. The van der Waals surface area contributed by atoms with Gasteiger partial charge in [-0.1, -0.05) is 6.92 Å². The third kappa shape index (κ3) is 2.20. The molecule has 0 radical (unpaired) electrons. The van der Waals surface area contributed by atoms with E-state index in [4.69, 9.17) is 4.74 Å². The predicted octanol–water partition coefficient (Wildman–Crippen LogP) is 1.56. The summed E-state index contributed by atoms with van der Waals surface area (Å²) in [5.74, 6) is 0. The molecule has 2 fully saturated rings. The molecule has 0 aromatic carbocycles. The van der Waals surface area contributed by atoms with Gasteiger partial charge in [-0.05, 0) is 31.1 Å². The second-order valence-electron chi connectivity index (χ2n) is 4.57. The van der Waals surface area contributed by atoms with E-state index in [-0.39, 0.29) is 0 Å². The number of hydrogen-bond acceptors (Lipinski definition) is 2. The highest BCUT2D eigenvalue weighted by molar-refractivity contribution is 4.87. The van der Waals surface area contributed by atoms with E-state index in [0.29, 0.717) is 11.5 Å². The summed E-state index contributed by atoms with van der Waals surface area (Å²) >= 11 is 0. The third-order valence-corrected chi connectivity index (χ3v) is 3.13. The van der Waals surface area contributed by atoms with Crippen LogP contribution in [0.2, 0.25) is 0 Å². The van der Waals surface area contributed by atoms with Crippen LogP contribution in [0.25, 0.3) is 0 Å². The van der Waals surface area contributed by atoms with Crippen LogP contribution in [0.4, 0.5) is 0 Å². The first kappa shape index (κ1) is 8.52. The van der Waals surface area contributed by atoms with Gasteiger partial charge in [0.15, 0.2) is 0 Å². The Labute approximate surface area is 74.7 Å². The Bertz CT molecular complexity index is 150. The zero-order valence-electron chi connectivity index (χ0n) is 7.94. The average Bonchev–Trinajstić information content (AvgIpc) is 2.65. The average molecular weight is 169 g/mol. The van der Waals surface area contributed by atoms with E-state index in [0.717, 1.165) is 19.7 Å². The van der Waals surface area contributed by atoms with E-state index in [1.165, 1.54) is 25.7 Å². The van der Waals surface area contributed by atoms with Gasteiger partial charge in [0.1, 0.15) is 0 Å². The van der Waals surface area contributed by atoms with Crippen molar-refractivity contribution in [1.29, 1.82) is 0 Å². The van der Waals surface area contributed by atoms with Gasteiger partial charge in [-0.15, -0.1) is 0 Å². The van der Waals surface area contributed by atoms with E-state index in [9.17, 15) is 0 Å². The third-order valence-electron chi connectivity index (χ3n) is 3.13. The van der Waals surface area contributed by atoms with Crippen molar-refractivity contribution < 1.29 is 4.74 Å². The molecular formula is C10H19NO. The molecule has 1 aliphatic heterocycles. The minimum atomic E-state index is 0.525. The normalized spacial score (nSPS) is 26.8. The van der Waals surface area contributed by atoms with Gasteiger partial charge in [0, 0.05) is 19.7 Å². The fraction of sp³-hybridized carbons (Fsp3) is 1.00. The molecule has 12 heavy (non-hydrogen) atoms. The zero-order valence-corrected chi connectivity index (χ0v) is 7.94. The molecule has 1 N–H and O–H groups in total. The van der Waals surface area contributed by atoms with Gasteiger partial charge in [-0.25, -0.2) is 0 Å². The smallest absolute Gasteiger partial charge is 0.0823 e. The summed E-state index contributed by atoms with van der Waals surface area (Å²) in [4.78, 5) is 0. The molecule has 2 heteroatoms. The van der Waals surface area contributed by atoms with Crippen molar-refractivity contribution in [2.75, 3.05) is 19.7 Å². The second-order valence-corrected chi connectivity index (χ2v) is 4.57. The first-order valence-corrected chi connectivity index (χ1v) is 5.11. The van der Waals surface area contributed by atoms with Crippen molar-refractivity contribution in [3.05, 3.63) is 0 Å². The van der Waals surface area contributed by atoms with Gasteiger partial charge in [0.2, 0.25) is 0 Å². The Morgan fingerprint density at radius 3 is 2.67 bits per heavy atom. The van der Waals surface area contributed by atoms with Gasteiger partial charge in [0.05, 0.1) is 6.10 Å². The number of ether oxygens (including phenoxy) is 1. The number of hydrogen-bond donors (Lipinski definition) is 1. The molecule has 1 saturated carbocycles. The summed E-state index contributed by atoms with van der Waals surface area (Å²) in [7, 11) is 0. The van der Waals surface area contributed by atoms with E-state index in [1.807, 2.05) is 0 Å². The molecular weight excluding hydrogens is 150 g/mol. The molecule has 1 saturated heterocycles. The topological polar surface area (TPSA) is 21.3 Å². The SMILES string of the molecule is CC1(CCCOC2CNC2)CC1. The maximum atomic E-state index is 5.64. The molecule has 0 aromatic rings. The fourth-order valence-electron chi connectivity index (χ4n) is 1.59. The lowest BCUT2D eigenvalue weighted by Crippen LogP contribution is -2.48. The summed E-state index contributed by atoms with van der Waals surface area (Å²) in [6, 6.07) is 0. The molecule has 0 spiro atoms. The van der Waals surface area contributed by atoms with E-state index < -0.39 is 0 Å². The van der Waals surface area contributed by atoms with Crippen LogP contribution in [0.5, 0.6) is 0 Å². The lowest BCUT2D eigenvalue weighted by atomic mass is 10.0. The molecule has 0 amide bonds. The minimum absolute atomic E-state index is 0.525. The first-order valence-electron chi connectivity index (χ1n) is 5.11. The number of nitrogens with one attached hydrogen (secondary N) is 1. The van der Waals surface area contributed by atoms with Gasteiger partial charge in [-0.2, -0.15) is 0 Å². The van der Waals surface area contributed by atoms with Crippen LogP contribution in [0.3, 0.4) is 0 Å². The molecule has 2 rings (SSSR count). The molecule has 70 valence electrons. The van der Waals surface area contributed by atoms with Crippen LogP contribution >= 0.6 is 0 Å². The van der Waals surface area contributed by atoms with Crippen LogP contribution in [0.1, 0.15) is 32.6 Å². The van der Waals surface area contributed by atoms with Crippen LogP contribution in [-0.4, -0.2) is 25.8 Å². The standard InChI is InChI=1S/C10H19NO/c1-10(4-5-10)3-2-6-12-9-7-11-8-9/h9,11H,2-8H2,1H3. The highest BCUT2D eigenvalue weighted by Crippen LogP contribution is 2.48. The van der Waals surface area contributed by atoms with Crippen LogP contribution in [-0.2, 0) is 4.74 Å². The van der Waals surface area contributed by atoms with Gasteiger partial charge < -0.3 is 10.1 Å². The Kier molecular flexibility index (Phi) is 2.37. The first-order chi connectivity index (χ1) is 5.79. The highest BCUT2D eigenvalue weighted by atomic mass is 16.5. The maximum Gasteiger partial charge on any atom is 0.0823 e.